The Bertz CT molecular complexity index is 1170. The maximum Gasteiger partial charge on any atom is 0.278 e. The van der Waals surface area contributed by atoms with Gasteiger partial charge in [0, 0.05) is 5.02 Å². The van der Waals surface area contributed by atoms with Crippen molar-refractivity contribution >= 4 is 34.7 Å². The van der Waals surface area contributed by atoms with Crippen molar-refractivity contribution in [2.45, 2.75) is 13.5 Å². The summed E-state index contributed by atoms with van der Waals surface area (Å²) in [7, 11) is 1.56. The number of carbonyl (C=O) groups excluding carboxylic acids is 2. The second kappa shape index (κ2) is 8.66. The molecule has 2 amide bonds. The van der Waals surface area contributed by atoms with E-state index in [-0.39, 0.29) is 24.1 Å². The van der Waals surface area contributed by atoms with Crippen LogP contribution in [0, 0.1) is 6.92 Å². The standard InChI is InChI=1S/C25H21ClN2O3/c1-16-8-13-21(31-2)20(14-16)27-23-22(18-9-11-19(26)12-10-18)24(29)28(25(23)30)15-17-6-4-3-5-7-17/h3-14,27H,15H2,1-2H3. The van der Waals surface area contributed by atoms with Crippen LogP contribution < -0.4 is 10.1 Å². The zero-order valence-corrected chi connectivity index (χ0v) is 17.9. The third-order valence-corrected chi connectivity index (χ3v) is 5.35. The van der Waals surface area contributed by atoms with E-state index < -0.39 is 0 Å². The number of hydrogen-bond acceptors (Lipinski definition) is 4. The van der Waals surface area contributed by atoms with E-state index in [1.165, 1.54) is 4.90 Å². The fourth-order valence-electron chi connectivity index (χ4n) is 3.54. The summed E-state index contributed by atoms with van der Waals surface area (Å²) in [5.74, 6) is -0.164. The second-order valence-electron chi connectivity index (χ2n) is 7.27. The number of halogens is 1. The summed E-state index contributed by atoms with van der Waals surface area (Å²) in [6.45, 7) is 2.13. The first kappa shape index (κ1) is 20.7. The number of nitrogens with one attached hydrogen (secondary N) is 1. The number of hydrogen-bond donors (Lipinski definition) is 1. The van der Waals surface area contributed by atoms with Gasteiger partial charge in [0.1, 0.15) is 11.4 Å². The largest absolute Gasteiger partial charge is 0.495 e. The highest BCUT2D eigenvalue weighted by atomic mass is 35.5. The molecule has 1 aliphatic rings. The summed E-state index contributed by atoms with van der Waals surface area (Å²) in [6, 6.07) is 21.9. The van der Waals surface area contributed by atoms with Crippen LogP contribution in [0.2, 0.25) is 5.02 Å². The van der Waals surface area contributed by atoms with Crippen LogP contribution in [-0.2, 0) is 16.1 Å². The van der Waals surface area contributed by atoms with E-state index >= 15 is 0 Å². The molecule has 6 heteroatoms. The predicted molar refractivity (Wildman–Crippen MR) is 122 cm³/mol. The zero-order chi connectivity index (χ0) is 22.0. The van der Waals surface area contributed by atoms with Gasteiger partial charge in [-0.2, -0.15) is 0 Å². The van der Waals surface area contributed by atoms with Gasteiger partial charge in [-0.05, 0) is 47.9 Å². The molecule has 5 nitrogen and oxygen atoms in total. The average Bonchev–Trinajstić information content (AvgIpc) is 3.00. The average molecular weight is 433 g/mol. The van der Waals surface area contributed by atoms with E-state index in [2.05, 4.69) is 5.32 Å². The van der Waals surface area contributed by atoms with Crippen LogP contribution in [-0.4, -0.2) is 23.8 Å². The number of rotatable bonds is 6. The van der Waals surface area contributed by atoms with Crippen LogP contribution in [0.4, 0.5) is 5.69 Å². The molecule has 0 saturated carbocycles. The highest BCUT2D eigenvalue weighted by Gasteiger charge is 2.39. The fourth-order valence-corrected chi connectivity index (χ4v) is 3.67. The van der Waals surface area contributed by atoms with E-state index in [0.717, 1.165) is 11.1 Å². The van der Waals surface area contributed by atoms with Crippen molar-refractivity contribution in [3.05, 3.63) is 100 Å². The molecule has 3 aromatic rings. The van der Waals surface area contributed by atoms with Crippen LogP contribution in [0.15, 0.2) is 78.5 Å². The van der Waals surface area contributed by atoms with Gasteiger partial charge in [0.15, 0.2) is 0 Å². The lowest BCUT2D eigenvalue weighted by Gasteiger charge is -2.16. The topological polar surface area (TPSA) is 58.6 Å². The summed E-state index contributed by atoms with van der Waals surface area (Å²) in [4.78, 5) is 28.0. The molecule has 3 aromatic carbocycles. The molecule has 1 N–H and O–H groups in total. The third-order valence-electron chi connectivity index (χ3n) is 5.10. The van der Waals surface area contributed by atoms with Crippen molar-refractivity contribution in [1.29, 1.82) is 0 Å². The maximum absolute atomic E-state index is 13.4. The van der Waals surface area contributed by atoms with Gasteiger partial charge in [0.2, 0.25) is 0 Å². The summed E-state index contributed by atoms with van der Waals surface area (Å²) in [5, 5.41) is 3.72. The molecule has 0 radical (unpaired) electrons. The Morgan fingerprint density at radius 2 is 1.65 bits per heavy atom. The molecule has 0 bridgehead atoms. The van der Waals surface area contributed by atoms with Crippen molar-refractivity contribution in [2.75, 3.05) is 12.4 Å². The Balaban J connectivity index is 1.78. The number of aryl methyl sites for hydroxylation is 1. The van der Waals surface area contributed by atoms with Gasteiger partial charge in [-0.1, -0.05) is 60.1 Å². The molecule has 0 spiro atoms. The highest BCUT2D eigenvalue weighted by Crippen LogP contribution is 2.34. The minimum absolute atomic E-state index is 0.186. The quantitative estimate of drug-likeness (QED) is 0.554. The molecule has 0 aromatic heterocycles. The third kappa shape index (κ3) is 4.18. The Kier molecular flexibility index (Phi) is 5.78. The van der Waals surface area contributed by atoms with Gasteiger partial charge in [-0.3, -0.25) is 14.5 Å². The van der Waals surface area contributed by atoms with Crippen molar-refractivity contribution in [2.24, 2.45) is 0 Å². The molecule has 0 atom stereocenters. The minimum Gasteiger partial charge on any atom is -0.495 e. The van der Waals surface area contributed by atoms with Crippen molar-refractivity contribution < 1.29 is 14.3 Å². The van der Waals surface area contributed by atoms with E-state index in [9.17, 15) is 9.59 Å². The lowest BCUT2D eigenvalue weighted by Crippen LogP contribution is -2.32. The SMILES string of the molecule is COc1ccc(C)cc1NC1=C(c2ccc(Cl)cc2)C(=O)N(Cc2ccccc2)C1=O. The Hall–Kier alpha value is -3.57. The predicted octanol–water partition coefficient (Wildman–Crippen LogP) is 5.05. The van der Waals surface area contributed by atoms with Gasteiger partial charge < -0.3 is 10.1 Å². The van der Waals surface area contributed by atoms with Gasteiger partial charge in [0.25, 0.3) is 11.8 Å². The molecule has 31 heavy (non-hydrogen) atoms. The first-order valence-electron chi connectivity index (χ1n) is 9.80. The Morgan fingerprint density at radius 3 is 2.32 bits per heavy atom. The number of amides is 2. The monoisotopic (exact) mass is 432 g/mol. The smallest absolute Gasteiger partial charge is 0.278 e. The van der Waals surface area contributed by atoms with E-state index in [1.807, 2.05) is 55.5 Å². The Labute approximate surface area is 185 Å². The van der Waals surface area contributed by atoms with Crippen LogP contribution in [0.3, 0.4) is 0 Å². The van der Waals surface area contributed by atoms with Crippen molar-refractivity contribution in [3.8, 4) is 5.75 Å². The van der Waals surface area contributed by atoms with Crippen LogP contribution >= 0.6 is 11.6 Å². The maximum atomic E-state index is 13.4. The molecule has 0 fully saturated rings. The van der Waals surface area contributed by atoms with Gasteiger partial charge in [-0.25, -0.2) is 0 Å². The number of imide groups is 1. The number of nitrogens with zero attached hydrogens (tertiary/aromatic N) is 1. The van der Waals surface area contributed by atoms with Crippen LogP contribution in [0.1, 0.15) is 16.7 Å². The highest BCUT2D eigenvalue weighted by molar-refractivity contribution is 6.36. The summed E-state index contributed by atoms with van der Waals surface area (Å²) < 4.78 is 5.44. The lowest BCUT2D eigenvalue weighted by molar-refractivity contribution is -0.137. The molecular formula is C25H21ClN2O3. The number of methoxy groups -OCH3 is 1. The first-order valence-corrected chi connectivity index (χ1v) is 10.2. The summed E-state index contributed by atoms with van der Waals surface area (Å²) >= 11 is 6.03. The summed E-state index contributed by atoms with van der Waals surface area (Å²) in [6.07, 6.45) is 0. The molecule has 156 valence electrons. The molecule has 1 heterocycles. The van der Waals surface area contributed by atoms with Crippen molar-refractivity contribution in [3.63, 3.8) is 0 Å². The van der Waals surface area contributed by atoms with Gasteiger partial charge >= 0.3 is 0 Å². The fraction of sp³-hybridized carbons (Fsp3) is 0.120. The van der Waals surface area contributed by atoms with Crippen LogP contribution in [0.25, 0.3) is 5.57 Å². The molecule has 1 aliphatic heterocycles. The minimum atomic E-state index is -0.387. The van der Waals surface area contributed by atoms with E-state index in [0.29, 0.717) is 27.6 Å². The molecule has 0 saturated heterocycles. The van der Waals surface area contributed by atoms with E-state index in [1.54, 1.807) is 31.4 Å². The molecule has 0 aliphatic carbocycles. The number of carbonyl (C=O) groups is 2. The normalized spacial score (nSPS) is 13.7. The lowest BCUT2D eigenvalue weighted by atomic mass is 10.0. The first-order chi connectivity index (χ1) is 15.0. The molecular weight excluding hydrogens is 412 g/mol. The van der Waals surface area contributed by atoms with Crippen LogP contribution in [0.5, 0.6) is 5.75 Å². The second-order valence-corrected chi connectivity index (χ2v) is 7.70. The number of anilines is 1. The van der Waals surface area contributed by atoms with E-state index in [4.69, 9.17) is 16.3 Å². The summed E-state index contributed by atoms with van der Waals surface area (Å²) in [5.41, 5.74) is 3.62. The molecule has 4 rings (SSSR count). The van der Waals surface area contributed by atoms with Gasteiger partial charge in [0.05, 0.1) is 24.9 Å². The van der Waals surface area contributed by atoms with Gasteiger partial charge in [-0.15, -0.1) is 0 Å². The number of ether oxygens (including phenoxy) is 1. The zero-order valence-electron chi connectivity index (χ0n) is 17.2. The molecule has 0 unspecified atom stereocenters. The Morgan fingerprint density at radius 1 is 0.935 bits per heavy atom. The van der Waals surface area contributed by atoms with Crippen molar-refractivity contribution in [1.82, 2.24) is 4.90 Å². The number of benzene rings is 3.